The van der Waals surface area contributed by atoms with E-state index in [1.165, 1.54) is 6.42 Å². The Labute approximate surface area is 151 Å². The maximum absolute atomic E-state index is 12.7. The van der Waals surface area contributed by atoms with Gasteiger partial charge in [-0.05, 0) is 44.9 Å². The van der Waals surface area contributed by atoms with Crippen LogP contribution < -0.4 is 0 Å². The van der Waals surface area contributed by atoms with Crippen LogP contribution in [0.5, 0.6) is 0 Å². The van der Waals surface area contributed by atoms with Gasteiger partial charge in [-0.15, -0.1) is 0 Å². The molecule has 0 N–H and O–H groups in total. The van der Waals surface area contributed by atoms with E-state index >= 15 is 0 Å². The lowest BCUT2D eigenvalue weighted by molar-refractivity contribution is -0.142. The standard InChI is InChI=1S/C18H25F3N4O/c1-10-5-11(2)7-14(6-10)17-22-16(26-24-17)8-15-12(3)23-25(13(15)4)9-18(19,20)21/h10-11,14H,5-9H2,1-4H3. The largest absolute Gasteiger partial charge is 0.408 e. The van der Waals surface area contributed by atoms with Crippen molar-refractivity contribution in [1.82, 2.24) is 19.9 Å². The number of aromatic nitrogens is 4. The van der Waals surface area contributed by atoms with Crippen LogP contribution in [0.2, 0.25) is 0 Å². The summed E-state index contributed by atoms with van der Waals surface area (Å²) in [5, 5.41) is 8.15. The maximum Gasteiger partial charge on any atom is 0.408 e. The van der Waals surface area contributed by atoms with Crippen LogP contribution >= 0.6 is 0 Å². The van der Waals surface area contributed by atoms with E-state index in [0.717, 1.165) is 28.9 Å². The Morgan fingerprint density at radius 3 is 2.38 bits per heavy atom. The Bertz CT molecular complexity index is 755. The van der Waals surface area contributed by atoms with Crippen LogP contribution in [-0.2, 0) is 13.0 Å². The van der Waals surface area contributed by atoms with Gasteiger partial charge in [0.15, 0.2) is 5.82 Å². The van der Waals surface area contributed by atoms with E-state index in [2.05, 4.69) is 29.1 Å². The molecule has 0 aliphatic heterocycles. The third-order valence-electron chi connectivity index (χ3n) is 5.22. The number of halogens is 3. The van der Waals surface area contributed by atoms with E-state index in [-0.39, 0.29) is 0 Å². The summed E-state index contributed by atoms with van der Waals surface area (Å²) in [6.07, 6.45) is -0.680. The zero-order valence-electron chi connectivity index (χ0n) is 15.6. The summed E-state index contributed by atoms with van der Waals surface area (Å²) in [6.45, 7) is 6.74. The summed E-state index contributed by atoms with van der Waals surface area (Å²) in [4.78, 5) is 4.53. The molecular weight excluding hydrogens is 345 g/mol. The zero-order chi connectivity index (χ0) is 19.1. The van der Waals surface area contributed by atoms with Crippen LogP contribution in [0.25, 0.3) is 0 Å². The van der Waals surface area contributed by atoms with Crippen molar-refractivity contribution in [3.05, 3.63) is 28.7 Å². The Balaban J connectivity index is 1.75. The summed E-state index contributed by atoms with van der Waals surface area (Å²) in [5.41, 5.74) is 1.76. The van der Waals surface area contributed by atoms with Crippen LogP contribution in [0.3, 0.4) is 0 Å². The number of hydrogen-bond donors (Lipinski definition) is 0. The molecule has 1 saturated carbocycles. The molecule has 8 heteroatoms. The fourth-order valence-electron chi connectivity index (χ4n) is 4.13. The van der Waals surface area contributed by atoms with Gasteiger partial charge in [-0.1, -0.05) is 19.0 Å². The van der Waals surface area contributed by atoms with Crippen molar-refractivity contribution in [2.75, 3.05) is 0 Å². The summed E-state index contributed by atoms with van der Waals surface area (Å²) >= 11 is 0. The molecule has 0 spiro atoms. The average Bonchev–Trinajstić information content (AvgIpc) is 3.06. The molecule has 1 fully saturated rings. The number of hydrogen-bond acceptors (Lipinski definition) is 4. The predicted octanol–water partition coefficient (Wildman–Crippen LogP) is 4.58. The third-order valence-corrected chi connectivity index (χ3v) is 5.22. The molecule has 144 valence electrons. The minimum absolute atomic E-state index is 0.293. The molecule has 0 amide bonds. The highest BCUT2D eigenvalue weighted by atomic mass is 19.4. The molecule has 2 atom stereocenters. The summed E-state index contributed by atoms with van der Waals surface area (Å²) in [5.74, 6) is 2.72. The first-order chi connectivity index (χ1) is 12.1. The first-order valence-electron chi connectivity index (χ1n) is 9.04. The van der Waals surface area contributed by atoms with E-state index in [9.17, 15) is 13.2 Å². The van der Waals surface area contributed by atoms with Crippen molar-refractivity contribution in [3.8, 4) is 0 Å². The molecule has 1 aliphatic rings. The molecule has 0 aromatic carbocycles. The molecule has 3 rings (SSSR count). The monoisotopic (exact) mass is 370 g/mol. The van der Waals surface area contributed by atoms with Crippen LogP contribution in [0, 0.1) is 25.7 Å². The molecule has 2 unspecified atom stereocenters. The number of aryl methyl sites for hydroxylation is 1. The second-order valence-corrected chi connectivity index (χ2v) is 7.76. The first kappa shape index (κ1) is 18.9. The molecule has 2 aromatic rings. The number of nitrogens with zero attached hydrogens (tertiary/aromatic N) is 4. The van der Waals surface area contributed by atoms with Gasteiger partial charge in [-0.25, -0.2) is 0 Å². The van der Waals surface area contributed by atoms with Gasteiger partial charge in [-0.2, -0.15) is 23.3 Å². The lowest BCUT2D eigenvalue weighted by atomic mass is 9.76. The number of alkyl halides is 3. The summed E-state index contributed by atoms with van der Waals surface area (Å²) < 4.78 is 44.4. The van der Waals surface area contributed by atoms with Gasteiger partial charge in [0, 0.05) is 17.2 Å². The van der Waals surface area contributed by atoms with Gasteiger partial charge in [0.1, 0.15) is 6.54 Å². The van der Waals surface area contributed by atoms with Crippen molar-refractivity contribution in [2.45, 2.75) is 72.0 Å². The molecule has 0 bridgehead atoms. The molecule has 26 heavy (non-hydrogen) atoms. The predicted molar refractivity (Wildman–Crippen MR) is 89.8 cm³/mol. The molecule has 5 nitrogen and oxygen atoms in total. The average molecular weight is 370 g/mol. The zero-order valence-corrected chi connectivity index (χ0v) is 15.6. The van der Waals surface area contributed by atoms with Crippen molar-refractivity contribution in [2.24, 2.45) is 11.8 Å². The second-order valence-electron chi connectivity index (χ2n) is 7.76. The van der Waals surface area contributed by atoms with Gasteiger partial charge in [0.05, 0.1) is 12.1 Å². The van der Waals surface area contributed by atoms with Crippen LogP contribution in [0.15, 0.2) is 4.52 Å². The van der Waals surface area contributed by atoms with Crippen molar-refractivity contribution >= 4 is 0 Å². The van der Waals surface area contributed by atoms with Crippen LogP contribution in [-0.4, -0.2) is 26.1 Å². The van der Waals surface area contributed by atoms with E-state index in [1.807, 2.05) is 0 Å². The second kappa shape index (κ2) is 7.04. The van der Waals surface area contributed by atoms with Crippen molar-refractivity contribution in [1.29, 1.82) is 0 Å². The van der Waals surface area contributed by atoms with Gasteiger partial charge in [0.25, 0.3) is 0 Å². The minimum atomic E-state index is -4.30. The lowest BCUT2D eigenvalue weighted by Gasteiger charge is -2.29. The first-order valence-corrected chi connectivity index (χ1v) is 9.04. The van der Waals surface area contributed by atoms with Crippen LogP contribution in [0.4, 0.5) is 13.2 Å². The van der Waals surface area contributed by atoms with Gasteiger partial charge in [0.2, 0.25) is 5.89 Å². The molecule has 1 aliphatic carbocycles. The molecule has 0 saturated heterocycles. The highest BCUT2D eigenvalue weighted by Gasteiger charge is 2.31. The van der Waals surface area contributed by atoms with Gasteiger partial charge >= 0.3 is 6.18 Å². The Kier molecular flexibility index (Phi) is 5.12. The Hall–Kier alpha value is -1.86. The normalized spacial score (nSPS) is 24.2. The quantitative estimate of drug-likeness (QED) is 0.791. The molecule has 0 radical (unpaired) electrons. The maximum atomic E-state index is 12.7. The van der Waals surface area contributed by atoms with Crippen molar-refractivity contribution in [3.63, 3.8) is 0 Å². The molecule has 2 aromatic heterocycles. The van der Waals surface area contributed by atoms with E-state index in [0.29, 0.717) is 41.5 Å². The lowest BCUT2D eigenvalue weighted by Crippen LogP contribution is -2.19. The van der Waals surface area contributed by atoms with E-state index in [4.69, 9.17) is 4.52 Å². The fourth-order valence-corrected chi connectivity index (χ4v) is 4.13. The van der Waals surface area contributed by atoms with E-state index < -0.39 is 12.7 Å². The van der Waals surface area contributed by atoms with E-state index in [1.54, 1.807) is 13.8 Å². The third kappa shape index (κ3) is 4.27. The van der Waals surface area contributed by atoms with Gasteiger partial charge in [-0.3, -0.25) is 4.68 Å². The SMILES string of the molecule is Cc1nn(CC(F)(F)F)c(C)c1Cc1nc(C2CC(C)CC(C)C2)no1. The number of rotatable bonds is 4. The summed E-state index contributed by atoms with van der Waals surface area (Å²) in [7, 11) is 0. The highest BCUT2D eigenvalue weighted by molar-refractivity contribution is 5.27. The van der Waals surface area contributed by atoms with Crippen molar-refractivity contribution < 1.29 is 17.7 Å². The highest BCUT2D eigenvalue weighted by Crippen LogP contribution is 2.38. The fraction of sp³-hybridized carbons (Fsp3) is 0.722. The molecule has 2 heterocycles. The Morgan fingerprint density at radius 1 is 1.12 bits per heavy atom. The smallest absolute Gasteiger partial charge is 0.339 e. The topological polar surface area (TPSA) is 56.7 Å². The molecular formula is C18H25F3N4O. The summed E-state index contributed by atoms with van der Waals surface area (Å²) in [6, 6.07) is 0. The van der Waals surface area contributed by atoms with Crippen LogP contribution in [0.1, 0.15) is 67.7 Å². The Morgan fingerprint density at radius 2 is 1.77 bits per heavy atom. The van der Waals surface area contributed by atoms with Gasteiger partial charge < -0.3 is 4.52 Å². The minimum Gasteiger partial charge on any atom is -0.339 e.